The molecule has 0 fully saturated rings. The van der Waals surface area contributed by atoms with Gasteiger partial charge in [-0.15, -0.1) is 0 Å². The molecule has 7 nitrogen and oxygen atoms in total. The number of halogens is 2. The van der Waals surface area contributed by atoms with Gasteiger partial charge in [-0.05, 0) is 48.1 Å². The second-order valence-electron chi connectivity index (χ2n) is 9.67. The van der Waals surface area contributed by atoms with E-state index < -0.39 is 43.8 Å². The first-order chi connectivity index (χ1) is 18.0. The van der Waals surface area contributed by atoms with Crippen LogP contribution in [0.2, 0.25) is 0 Å². The molecule has 2 atom stereocenters. The zero-order valence-corrected chi connectivity index (χ0v) is 23.7. The molecule has 10 heteroatoms. The van der Waals surface area contributed by atoms with E-state index in [1.165, 1.54) is 5.56 Å². The molecule has 212 valence electrons. The Balaban J connectivity index is 2.49. The summed E-state index contributed by atoms with van der Waals surface area (Å²) in [5.74, 6) is -2.22. The van der Waals surface area contributed by atoms with Gasteiger partial charge in [0.2, 0.25) is 5.91 Å². The fraction of sp³-hybridized carbons (Fsp3) is 0.536. The van der Waals surface area contributed by atoms with Crippen LogP contribution < -0.4 is 10.0 Å². The van der Waals surface area contributed by atoms with Gasteiger partial charge in [0.25, 0.3) is 0 Å². The minimum Gasteiger partial charge on any atom is -0.386 e. The fourth-order valence-electron chi connectivity index (χ4n) is 4.97. The third-order valence-corrected chi connectivity index (χ3v) is 8.82. The van der Waals surface area contributed by atoms with Crippen LogP contribution in [-0.2, 0) is 34.4 Å². The summed E-state index contributed by atoms with van der Waals surface area (Å²) in [4.78, 5) is 12.2. The number of carbonyl (C=O) groups excluding carboxylic acids is 1. The quantitative estimate of drug-likeness (QED) is 0.273. The van der Waals surface area contributed by atoms with Gasteiger partial charge in [0, 0.05) is 32.0 Å². The molecule has 0 saturated carbocycles. The van der Waals surface area contributed by atoms with Crippen LogP contribution in [0.3, 0.4) is 0 Å². The van der Waals surface area contributed by atoms with E-state index in [1.807, 2.05) is 32.0 Å². The molecular weight excluding hydrogens is 512 g/mol. The van der Waals surface area contributed by atoms with Gasteiger partial charge in [0.05, 0.1) is 13.1 Å². The molecular formula is C28H42F2N3O4S+. The van der Waals surface area contributed by atoms with Crippen LogP contribution in [0.25, 0.3) is 0 Å². The second-order valence-corrected chi connectivity index (χ2v) is 11.6. The van der Waals surface area contributed by atoms with Gasteiger partial charge < -0.3 is 10.4 Å². The molecule has 3 N–H and O–H groups in total. The summed E-state index contributed by atoms with van der Waals surface area (Å²) in [6.45, 7) is 7.98. The SMILES string of the molecule is CCC[N+](CCC)(C(Cc1cc(F)cc(F)c1)C(O)CNCc1cccc(CC)c1)S(=O)(=O)NC(=O)CC. The Morgan fingerprint density at radius 3 is 2.11 bits per heavy atom. The Hall–Kier alpha value is -2.40. The zero-order valence-electron chi connectivity index (χ0n) is 22.8. The largest absolute Gasteiger partial charge is 0.396 e. The molecule has 0 aliphatic heterocycles. The highest BCUT2D eigenvalue weighted by Gasteiger charge is 2.51. The molecule has 38 heavy (non-hydrogen) atoms. The summed E-state index contributed by atoms with van der Waals surface area (Å²) < 4.78 is 57.3. The second kappa shape index (κ2) is 14.7. The van der Waals surface area contributed by atoms with Crippen molar-refractivity contribution in [1.29, 1.82) is 0 Å². The van der Waals surface area contributed by atoms with Gasteiger partial charge in [-0.2, -0.15) is 12.3 Å². The van der Waals surface area contributed by atoms with Crippen molar-refractivity contribution < 1.29 is 31.0 Å². The number of rotatable bonds is 16. The van der Waals surface area contributed by atoms with Crippen LogP contribution in [0.1, 0.15) is 63.6 Å². The van der Waals surface area contributed by atoms with Crippen molar-refractivity contribution in [3.05, 3.63) is 70.8 Å². The summed E-state index contributed by atoms with van der Waals surface area (Å²) in [5.41, 5.74) is 2.43. The number of carbonyl (C=O) groups is 1. The lowest BCUT2D eigenvalue weighted by atomic mass is 9.98. The minimum absolute atomic E-state index is 0.0296. The molecule has 0 saturated heterocycles. The van der Waals surface area contributed by atoms with E-state index in [0.29, 0.717) is 19.4 Å². The van der Waals surface area contributed by atoms with Gasteiger partial charge in [-0.25, -0.2) is 13.5 Å². The number of benzene rings is 2. The maximum Gasteiger partial charge on any atom is 0.396 e. The van der Waals surface area contributed by atoms with Gasteiger partial charge in [0.15, 0.2) is 0 Å². The molecule has 0 aliphatic carbocycles. The molecule has 0 aromatic heterocycles. The zero-order chi connectivity index (χ0) is 28.3. The fourth-order valence-corrected chi connectivity index (χ4v) is 7.00. The number of hydrogen-bond acceptors (Lipinski definition) is 5. The predicted octanol–water partition coefficient (Wildman–Crippen LogP) is 4.00. The van der Waals surface area contributed by atoms with Crippen molar-refractivity contribution in [1.82, 2.24) is 10.0 Å². The van der Waals surface area contributed by atoms with Crippen LogP contribution >= 0.6 is 0 Å². The average molecular weight is 555 g/mol. The van der Waals surface area contributed by atoms with E-state index in [4.69, 9.17) is 0 Å². The molecule has 2 unspecified atom stereocenters. The van der Waals surface area contributed by atoms with Crippen molar-refractivity contribution in [3.63, 3.8) is 0 Å². The smallest absolute Gasteiger partial charge is 0.386 e. The molecule has 2 rings (SSSR count). The molecule has 1 amide bonds. The Morgan fingerprint density at radius 2 is 1.55 bits per heavy atom. The summed E-state index contributed by atoms with van der Waals surface area (Å²) in [7, 11) is -4.33. The van der Waals surface area contributed by atoms with E-state index in [9.17, 15) is 27.1 Å². The van der Waals surface area contributed by atoms with Crippen molar-refractivity contribution in [3.8, 4) is 0 Å². The van der Waals surface area contributed by atoms with Crippen LogP contribution in [0.4, 0.5) is 8.78 Å². The molecule has 0 heterocycles. The lowest BCUT2D eigenvalue weighted by Gasteiger charge is -2.44. The standard InChI is InChI=1S/C28H41F2N3O4S/c1-5-12-33(13-6-2,38(36,37)32-28(35)8-4)26(17-23-15-24(29)18-25(30)16-23)27(34)20-31-19-22-11-9-10-21(7-3)14-22/h9-11,14-16,18,26-27,31,34H,5-8,12-13,17,19-20H2,1-4H3/p+1. The number of hydrogen-bond donors (Lipinski definition) is 3. The summed E-state index contributed by atoms with van der Waals surface area (Å²) >= 11 is 0. The summed E-state index contributed by atoms with van der Waals surface area (Å²) in [6, 6.07) is 10.1. The Kier molecular flexibility index (Phi) is 12.3. The van der Waals surface area contributed by atoms with Crippen LogP contribution in [0.5, 0.6) is 0 Å². The number of quaternary nitrogens is 1. The number of amides is 1. The highest BCUT2D eigenvalue weighted by atomic mass is 32.2. The molecule has 2 aromatic rings. The topological polar surface area (TPSA) is 95.5 Å². The lowest BCUT2D eigenvalue weighted by Crippen LogP contribution is -2.68. The van der Waals surface area contributed by atoms with Crippen molar-refractivity contribution in [2.75, 3.05) is 19.6 Å². The van der Waals surface area contributed by atoms with Gasteiger partial charge in [-0.3, -0.25) is 4.79 Å². The lowest BCUT2D eigenvalue weighted by molar-refractivity contribution is -0.838. The van der Waals surface area contributed by atoms with Crippen molar-refractivity contribution >= 4 is 16.1 Å². The maximum absolute atomic E-state index is 14.1. The average Bonchev–Trinajstić information content (AvgIpc) is 2.86. The first-order valence-corrected chi connectivity index (χ1v) is 14.8. The number of aliphatic hydroxyl groups excluding tert-OH is 1. The van der Waals surface area contributed by atoms with Crippen LogP contribution in [0, 0.1) is 11.6 Å². The number of nitrogens with zero attached hydrogens (tertiary/aromatic N) is 1. The van der Waals surface area contributed by atoms with Crippen molar-refractivity contribution in [2.45, 2.75) is 78.5 Å². The number of aryl methyl sites for hydroxylation is 1. The molecule has 0 bridgehead atoms. The van der Waals surface area contributed by atoms with E-state index >= 15 is 0 Å². The van der Waals surface area contributed by atoms with Crippen LogP contribution in [-0.4, -0.2) is 55.1 Å². The third kappa shape index (κ3) is 8.30. The normalized spacial score (nSPS) is 13.8. The van der Waals surface area contributed by atoms with E-state index in [0.717, 1.165) is 30.2 Å². The van der Waals surface area contributed by atoms with Gasteiger partial charge in [0.1, 0.15) is 23.8 Å². The molecule has 0 radical (unpaired) electrons. The van der Waals surface area contributed by atoms with Gasteiger partial charge >= 0.3 is 10.2 Å². The van der Waals surface area contributed by atoms with Crippen molar-refractivity contribution in [2.24, 2.45) is 0 Å². The summed E-state index contributed by atoms with van der Waals surface area (Å²) in [6.07, 6.45) is 0.431. The Morgan fingerprint density at radius 1 is 0.947 bits per heavy atom. The minimum atomic E-state index is -4.33. The van der Waals surface area contributed by atoms with E-state index in [2.05, 4.69) is 23.0 Å². The predicted molar refractivity (Wildman–Crippen MR) is 145 cm³/mol. The van der Waals surface area contributed by atoms with E-state index in [1.54, 1.807) is 6.92 Å². The number of nitrogens with one attached hydrogen (secondary N) is 2. The van der Waals surface area contributed by atoms with E-state index in [-0.39, 0.29) is 38.0 Å². The first-order valence-electron chi connectivity index (χ1n) is 13.4. The summed E-state index contributed by atoms with van der Waals surface area (Å²) in [5, 5.41) is 14.7. The Bertz CT molecular complexity index is 1130. The number of aliphatic hydroxyl groups is 1. The Labute approximate surface area is 226 Å². The third-order valence-electron chi connectivity index (χ3n) is 6.74. The van der Waals surface area contributed by atoms with Gasteiger partial charge in [-0.1, -0.05) is 52.0 Å². The monoisotopic (exact) mass is 554 g/mol. The first kappa shape index (κ1) is 31.8. The highest BCUT2D eigenvalue weighted by molar-refractivity contribution is 7.84. The highest BCUT2D eigenvalue weighted by Crippen LogP contribution is 2.28. The molecule has 0 aliphatic rings. The maximum atomic E-state index is 14.1. The molecule has 0 spiro atoms. The molecule has 2 aromatic carbocycles. The van der Waals surface area contributed by atoms with Crippen LogP contribution in [0.15, 0.2) is 42.5 Å².